The largest absolute Gasteiger partial charge is 0.432 e. The van der Waals surface area contributed by atoms with Crippen molar-refractivity contribution in [1.82, 2.24) is 0 Å². The molecule has 6 heteroatoms. The highest BCUT2D eigenvalue weighted by molar-refractivity contribution is 8.13. The van der Waals surface area contributed by atoms with Crippen molar-refractivity contribution in [2.24, 2.45) is 0 Å². The van der Waals surface area contributed by atoms with E-state index in [1.54, 1.807) is 48.5 Å². The molecule has 0 unspecified atom stereocenters. The second-order valence-corrected chi connectivity index (χ2v) is 8.61. The molecule has 0 fully saturated rings. The molecule has 3 aromatic carbocycles. The fraction of sp³-hybridized carbons (Fsp3) is 0. The molecule has 0 saturated carbocycles. The van der Waals surface area contributed by atoms with Crippen LogP contribution in [0, 0.1) is 22.7 Å². The molecule has 0 radical (unpaired) electrons. The Morgan fingerprint density at radius 3 is 1.46 bits per heavy atom. The summed E-state index contributed by atoms with van der Waals surface area (Å²) < 4.78 is 12.2. The summed E-state index contributed by atoms with van der Waals surface area (Å²) in [5.41, 5.74) is 1.08. The summed E-state index contributed by atoms with van der Waals surface area (Å²) >= 11 is 5.79. The molecule has 0 aliphatic carbocycles. The maximum atomic E-state index is 8.92. The fourth-order valence-corrected chi connectivity index (χ4v) is 4.66. The first-order valence-electron chi connectivity index (χ1n) is 7.68. The lowest BCUT2D eigenvalue weighted by Crippen LogP contribution is -2.14. The van der Waals surface area contributed by atoms with Gasteiger partial charge in [-0.05, 0) is 72.5 Å². The molecule has 0 N–H and O–H groups in total. The molecule has 26 heavy (non-hydrogen) atoms. The number of nitrogens with zero attached hydrogens (tertiary/aromatic N) is 2. The first kappa shape index (κ1) is 17.7. The summed E-state index contributed by atoms with van der Waals surface area (Å²) in [7, 11) is 0. The van der Waals surface area contributed by atoms with Crippen molar-refractivity contribution in [2.45, 2.75) is 0 Å². The van der Waals surface area contributed by atoms with Crippen LogP contribution in [0.15, 0.2) is 78.9 Å². The molecular formula is C20H13N2O2PS. The van der Waals surface area contributed by atoms with E-state index in [4.69, 9.17) is 31.4 Å². The Bertz CT molecular complexity index is 957. The lowest BCUT2D eigenvalue weighted by Gasteiger charge is -2.24. The Morgan fingerprint density at radius 2 is 1.08 bits per heavy atom. The van der Waals surface area contributed by atoms with Crippen LogP contribution in [-0.2, 0) is 11.8 Å². The van der Waals surface area contributed by atoms with Gasteiger partial charge in [-0.3, -0.25) is 0 Å². The quantitative estimate of drug-likeness (QED) is 0.613. The normalized spacial score (nSPS) is 10.4. The Hall–Kier alpha value is -3.11. The number of hydrogen-bond donors (Lipinski definition) is 0. The van der Waals surface area contributed by atoms with Crippen molar-refractivity contribution in [3.8, 4) is 23.6 Å². The zero-order valence-corrected chi connectivity index (χ0v) is 15.3. The van der Waals surface area contributed by atoms with Gasteiger partial charge in [0.1, 0.15) is 11.5 Å². The Balaban J connectivity index is 1.95. The zero-order chi connectivity index (χ0) is 18.4. The van der Waals surface area contributed by atoms with Crippen molar-refractivity contribution in [2.75, 3.05) is 0 Å². The number of benzene rings is 3. The second-order valence-electron chi connectivity index (χ2n) is 5.29. The molecule has 126 valence electrons. The first-order chi connectivity index (χ1) is 12.6. The third-order valence-electron chi connectivity index (χ3n) is 3.49. The van der Waals surface area contributed by atoms with Crippen LogP contribution in [0.3, 0.4) is 0 Å². The van der Waals surface area contributed by atoms with Crippen molar-refractivity contribution in [3.05, 3.63) is 90.0 Å². The monoisotopic (exact) mass is 376 g/mol. The molecule has 0 aromatic heterocycles. The van der Waals surface area contributed by atoms with Gasteiger partial charge in [0.2, 0.25) is 0 Å². The summed E-state index contributed by atoms with van der Waals surface area (Å²) in [6, 6.07) is 27.0. The summed E-state index contributed by atoms with van der Waals surface area (Å²) in [5.74, 6) is 1.06. The van der Waals surface area contributed by atoms with E-state index >= 15 is 0 Å². The van der Waals surface area contributed by atoms with Crippen LogP contribution >= 0.6 is 6.49 Å². The van der Waals surface area contributed by atoms with Gasteiger partial charge in [-0.25, -0.2) is 0 Å². The molecule has 3 aromatic rings. The van der Waals surface area contributed by atoms with Gasteiger partial charge in [0, 0.05) is 0 Å². The average molecular weight is 376 g/mol. The third kappa shape index (κ3) is 4.10. The maximum Gasteiger partial charge on any atom is 0.319 e. The van der Waals surface area contributed by atoms with Crippen LogP contribution in [0.4, 0.5) is 0 Å². The SMILES string of the molecule is N#Cc1ccc(OP(=S)(Oc2ccc(C#N)cc2)c2ccccc2)cc1. The smallest absolute Gasteiger partial charge is 0.319 e. The topological polar surface area (TPSA) is 66.0 Å². The maximum absolute atomic E-state index is 8.92. The Morgan fingerprint density at radius 1 is 0.654 bits per heavy atom. The molecule has 0 spiro atoms. The van der Waals surface area contributed by atoms with E-state index in [0.717, 1.165) is 5.30 Å². The molecule has 0 bridgehead atoms. The predicted molar refractivity (Wildman–Crippen MR) is 104 cm³/mol. The third-order valence-corrected chi connectivity index (χ3v) is 6.40. The highest BCUT2D eigenvalue weighted by atomic mass is 32.5. The number of nitriles is 2. The average Bonchev–Trinajstić information content (AvgIpc) is 2.70. The van der Waals surface area contributed by atoms with Gasteiger partial charge in [0.05, 0.1) is 28.6 Å². The Labute approximate surface area is 157 Å². The summed E-state index contributed by atoms with van der Waals surface area (Å²) in [6.07, 6.45) is 0. The molecule has 0 heterocycles. The van der Waals surface area contributed by atoms with E-state index < -0.39 is 6.49 Å². The van der Waals surface area contributed by atoms with Gasteiger partial charge < -0.3 is 9.05 Å². The van der Waals surface area contributed by atoms with Crippen molar-refractivity contribution < 1.29 is 9.05 Å². The predicted octanol–water partition coefficient (Wildman–Crippen LogP) is 4.52. The van der Waals surface area contributed by atoms with Crippen LogP contribution in [0.2, 0.25) is 0 Å². The van der Waals surface area contributed by atoms with Crippen LogP contribution < -0.4 is 14.4 Å². The molecule has 0 saturated heterocycles. The van der Waals surface area contributed by atoms with Crippen molar-refractivity contribution >= 4 is 23.6 Å². The molecular weight excluding hydrogens is 363 g/mol. The van der Waals surface area contributed by atoms with E-state index in [0.29, 0.717) is 22.6 Å². The van der Waals surface area contributed by atoms with Crippen LogP contribution in [-0.4, -0.2) is 0 Å². The van der Waals surface area contributed by atoms with Gasteiger partial charge >= 0.3 is 6.49 Å². The van der Waals surface area contributed by atoms with Gasteiger partial charge in [0.15, 0.2) is 0 Å². The summed E-state index contributed by atoms with van der Waals surface area (Å²) in [6.45, 7) is -2.90. The van der Waals surface area contributed by atoms with E-state index in [1.165, 1.54) is 0 Å². The molecule has 3 rings (SSSR count). The minimum absolute atomic E-state index is 0.532. The van der Waals surface area contributed by atoms with E-state index in [9.17, 15) is 0 Å². The number of hydrogen-bond acceptors (Lipinski definition) is 5. The lowest BCUT2D eigenvalue weighted by atomic mass is 10.2. The van der Waals surface area contributed by atoms with Crippen molar-refractivity contribution in [3.63, 3.8) is 0 Å². The van der Waals surface area contributed by atoms with Gasteiger partial charge in [-0.1, -0.05) is 18.2 Å². The second kappa shape index (κ2) is 7.85. The van der Waals surface area contributed by atoms with Gasteiger partial charge in [-0.2, -0.15) is 10.5 Å². The van der Waals surface area contributed by atoms with E-state index in [1.807, 2.05) is 30.3 Å². The zero-order valence-electron chi connectivity index (χ0n) is 13.6. The van der Waals surface area contributed by atoms with E-state index in [2.05, 4.69) is 12.1 Å². The minimum Gasteiger partial charge on any atom is -0.432 e. The van der Waals surface area contributed by atoms with Crippen LogP contribution in [0.1, 0.15) is 11.1 Å². The highest BCUT2D eigenvalue weighted by Crippen LogP contribution is 2.47. The number of rotatable bonds is 5. The Kier molecular flexibility index (Phi) is 5.34. The highest BCUT2D eigenvalue weighted by Gasteiger charge is 2.25. The molecule has 0 aliphatic rings. The fourth-order valence-electron chi connectivity index (χ4n) is 2.19. The van der Waals surface area contributed by atoms with Gasteiger partial charge in [0.25, 0.3) is 0 Å². The lowest BCUT2D eigenvalue weighted by molar-refractivity contribution is 0.498. The molecule has 0 amide bonds. The minimum atomic E-state index is -2.90. The van der Waals surface area contributed by atoms with Crippen molar-refractivity contribution in [1.29, 1.82) is 10.5 Å². The van der Waals surface area contributed by atoms with E-state index in [-0.39, 0.29) is 0 Å². The molecule has 0 atom stereocenters. The van der Waals surface area contributed by atoms with Crippen LogP contribution in [0.5, 0.6) is 11.5 Å². The standard InChI is InChI=1S/C20H13N2O2PS/c21-14-16-6-10-18(11-7-16)23-25(26,20-4-2-1-3-5-20)24-19-12-8-17(15-22)9-13-19/h1-13H. The molecule has 0 aliphatic heterocycles. The summed E-state index contributed by atoms with van der Waals surface area (Å²) in [5, 5.41) is 18.6. The van der Waals surface area contributed by atoms with Crippen LogP contribution in [0.25, 0.3) is 0 Å². The molecule has 4 nitrogen and oxygen atoms in total. The first-order valence-corrected chi connectivity index (χ1v) is 10.3. The van der Waals surface area contributed by atoms with Gasteiger partial charge in [-0.15, -0.1) is 0 Å². The summed E-state index contributed by atoms with van der Waals surface area (Å²) in [4.78, 5) is 0.